The normalized spacial score (nSPS) is 13.4. The van der Waals surface area contributed by atoms with Crippen molar-refractivity contribution in [2.75, 3.05) is 6.61 Å². The smallest absolute Gasteiger partial charge is 0.122 e. The van der Waals surface area contributed by atoms with Crippen molar-refractivity contribution in [3.8, 4) is 5.75 Å². The number of hydrogen-bond acceptors (Lipinski definition) is 3. The number of fused-ring (bicyclic) bond motifs is 1. The lowest BCUT2D eigenvalue weighted by Crippen LogP contribution is -2.25. The third-order valence-corrected chi connectivity index (χ3v) is 5.10. The number of para-hydroxylation sites is 3. The Morgan fingerprint density at radius 2 is 1.71 bits per heavy atom. The van der Waals surface area contributed by atoms with E-state index >= 15 is 0 Å². The van der Waals surface area contributed by atoms with Gasteiger partial charge < -0.3 is 14.4 Å². The van der Waals surface area contributed by atoms with Crippen molar-refractivity contribution in [2.45, 2.75) is 58.6 Å². The van der Waals surface area contributed by atoms with Crippen LogP contribution < -0.4 is 4.74 Å². The molecule has 2 unspecified atom stereocenters. The highest BCUT2D eigenvalue weighted by Crippen LogP contribution is 2.27. The standard InChI is InChI=1S/C23H30N2O2.ClH/c1-5-17(4)23-24-20-11-7-8-12-21(20)25(23)14-18(26)15-27-22-13-9-6-10-19(22)16(2)3;/h6-13,16-18,26H,5,14-15H2,1-4H3;1H. The fourth-order valence-electron chi connectivity index (χ4n) is 3.38. The van der Waals surface area contributed by atoms with Crippen molar-refractivity contribution in [2.24, 2.45) is 0 Å². The van der Waals surface area contributed by atoms with Crippen LogP contribution in [-0.2, 0) is 6.54 Å². The van der Waals surface area contributed by atoms with Gasteiger partial charge in [-0.25, -0.2) is 4.98 Å². The molecule has 0 saturated heterocycles. The van der Waals surface area contributed by atoms with Crippen molar-refractivity contribution in [3.05, 3.63) is 59.9 Å². The van der Waals surface area contributed by atoms with E-state index in [0.29, 0.717) is 18.4 Å². The van der Waals surface area contributed by atoms with Gasteiger partial charge in [-0.05, 0) is 36.1 Å². The van der Waals surface area contributed by atoms with E-state index in [2.05, 4.69) is 44.4 Å². The van der Waals surface area contributed by atoms with Gasteiger partial charge in [-0.2, -0.15) is 0 Å². The first-order chi connectivity index (χ1) is 13.0. The third-order valence-electron chi connectivity index (χ3n) is 5.10. The molecule has 2 atom stereocenters. The van der Waals surface area contributed by atoms with Crippen molar-refractivity contribution >= 4 is 23.4 Å². The van der Waals surface area contributed by atoms with Crippen LogP contribution in [0, 0.1) is 0 Å². The summed E-state index contributed by atoms with van der Waals surface area (Å²) in [5.41, 5.74) is 3.21. The second-order valence-electron chi connectivity index (χ2n) is 7.54. The zero-order valence-corrected chi connectivity index (χ0v) is 17.9. The molecule has 0 aliphatic carbocycles. The number of ether oxygens (including phenoxy) is 1. The molecule has 1 N–H and O–H groups in total. The Kier molecular flexibility index (Phi) is 7.90. The topological polar surface area (TPSA) is 47.3 Å². The van der Waals surface area contributed by atoms with E-state index in [4.69, 9.17) is 9.72 Å². The Morgan fingerprint density at radius 3 is 2.43 bits per heavy atom. The van der Waals surface area contributed by atoms with Crippen LogP contribution in [0.1, 0.15) is 57.3 Å². The molecule has 1 aromatic heterocycles. The maximum atomic E-state index is 10.7. The largest absolute Gasteiger partial charge is 0.491 e. The molecular weight excluding hydrogens is 372 g/mol. The Morgan fingerprint density at radius 1 is 1.04 bits per heavy atom. The van der Waals surface area contributed by atoms with Crippen LogP contribution in [0.4, 0.5) is 0 Å². The zero-order chi connectivity index (χ0) is 19.4. The minimum Gasteiger partial charge on any atom is -0.491 e. The molecule has 0 spiro atoms. The number of nitrogens with zero attached hydrogens (tertiary/aromatic N) is 2. The Bertz CT molecular complexity index is 891. The highest BCUT2D eigenvalue weighted by molar-refractivity contribution is 5.85. The summed E-state index contributed by atoms with van der Waals surface area (Å²) in [6.07, 6.45) is 0.406. The molecule has 0 bridgehead atoms. The molecular formula is C23H31ClN2O2. The number of aromatic nitrogens is 2. The SMILES string of the molecule is CCC(C)c1nc2ccccc2n1CC(O)COc1ccccc1C(C)C.Cl. The molecule has 3 aromatic rings. The average Bonchev–Trinajstić information content (AvgIpc) is 3.04. The van der Waals surface area contributed by atoms with Crippen LogP contribution in [0.15, 0.2) is 48.5 Å². The van der Waals surface area contributed by atoms with Gasteiger partial charge in [-0.1, -0.05) is 58.0 Å². The quantitative estimate of drug-likeness (QED) is 0.538. The number of hydrogen-bond donors (Lipinski definition) is 1. The summed E-state index contributed by atoms with van der Waals surface area (Å²) >= 11 is 0. The Labute approximate surface area is 174 Å². The minimum absolute atomic E-state index is 0. The zero-order valence-electron chi connectivity index (χ0n) is 17.1. The molecule has 2 aromatic carbocycles. The van der Waals surface area contributed by atoms with Crippen molar-refractivity contribution < 1.29 is 9.84 Å². The van der Waals surface area contributed by atoms with Crippen LogP contribution in [0.5, 0.6) is 5.75 Å². The van der Waals surface area contributed by atoms with Crippen molar-refractivity contribution in [1.29, 1.82) is 0 Å². The van der Waals surface area contributed by atoms with Crippen LogP contribution >= 0.6 is 12.4 Å². The number of aliphatic hydroxyl groups is 1. The lowest BCUT2D eigenvalue weighted by molar-refractivity contribution is 0.0918. The summed E-state index contributed by atoms with van der Waals surface area (Å²) in [6, 6.07) is 16.2. The average molecular weight is 403 g/mol. The lowest BCUT2D eigenvalue weighted by Gasteiger charge is -2.19. The van der Waals surface area contributed by atoms with E-state index in [0.717, 1.165) is 34.6 Å². The molecule has 152 valence electrons. The maximum absolute atomic E-state index is 10.7. The molecule has 1 heterocycles. The minimum atomic E-state index is -0.606. The van der Waals surface area contributed by atoms with E-state index < -0.39 is 6.10 Å². The number of halogens is 1. The molecule has 4 nitrogen and oxygen atoms in total. The second-order valence-corrected chi connectivity index (χ2v) is 7.54. The molecule has 0 aliphatic heterocycles. The van der Waals surface area contributed by atoms with Gasteiger partial charge in [-0.15, -0.1) is 12.4 Å². The lowest BCUT2D eigenvalue weighted by atomic mass is 10.0. The fourth-order valence-corrected chi connectivity index (χ4v) is 3.38. The van der Waals surface area contributed by atoms with Crippen LogP contribution in [0.25, 0.3) is 11.0 Å². The van der Waals surface area contributed by atoms with Crippen molar-refractivity contribution in [1.82, 2.24) is 9.55 Å². The van der Waals surface area contributed by atoms with Gasteiger partial charge >= 0.3 is 0 Å². The first-order valence-corrected chi connectivity index (χ1v) is 9.86. The highest BCUT2D eigenvalue weighted by Gasteiger charge is 2.18. The molecule has 0 amide bonds. The third kappa shape index (κ3) is 4.86. The molecule has 28 heavy (non-hydrogen) atoms. The molecule has 0 radical (unpaired) electrons. The molecule has 0 fully saturated rings. The highest BCUT2D eigenvalue weighted by atomic mass is 35.5. The molecule has 3 rings (SSSR count). The molecule has 0 saturated carbocycles. The van der Waals surface area contributed by atoms with Gasteiger partial charge in [0.25, 0.3) is 0 Å². The summed E-state index contributed by atoms with van der Waals surface area (Å²) in [6.45, 7) is 9.37. The van der Waals surface area contributed by atoms with Crippen molar-refractivity contribution in [3.63, 3.8) is 0 Å². The van der Waals surface area contributed by atoms with Crippen LogP contribution in [0.2, 0.25) is 0 Å². The second kappa shape index (κ2) is 9.94. The predicted molar refractivity (Wildman–Crippen MR) is 118 cm³/mol. The maximum Gasteiger partial charge on any atom is 0.122 e. The Hall–Kier alpha value is -2.04. The molecule has 5 heteroatoms. The summed E-state index contributed by atoms with van der Waals surface area (Å²) in [5.74, 6) is 2.60. The summed E-state index contributed by atoms with van der Waals surface area (Å²) < 4.78 is 8.11. The fraction of sp³-hybridized carbons (Fsp3) is 0.435. The molecule has 0 aliphatic rings. The van der Waals surface area contributed by atoms with E-state index in [1.165, 1.54) is 0 Å². The summed E-state index contributed by atoms with van der Waals surface area (Å²) in [4.78, 5) is 4.80. The first-order valence-electron chi connectivity index (χ1n) is 9.86. The predicted octanol–water partition coefficient (Wildman–Crippen LogP) is 5.53. The van der Waals surface area contributed by atoms with E-state index in [1.807, 2.05) is 36.4 Å². The number of imidazole rings is 1. The Balaban J connectivity index is 0.00000280. The van der Waals surface area contributed by atoms with Gasteiger partial charge in [-0.3, -0.25) is 0 Å². The summed E-state index contributed by atoms with van der Waals surface area (Å²) in [5, 5.41) is 10.7. The van der Waals surface area contributed by atoms with Gasteiger partial charge in [0.05, 0.1) is 17.6 Å². The van der Waals surface area contributed by atoms with Gasteiger partial charge in [0.15, 0.2) is 0 Å². The summed E-state index contributed by atoms with van der Waals surface area (Å²) in [7, 11) is 0. The van der Waals surface area contributed by atoms with E-state index in [-0.39, 0.29) is 19.0 Å². The van der Waals surface area contributed by atoms with Crippen LogP contribution in [-0.4, -0.2) is 27.4 Å². The monoisotopic (exact) mass is 402 g/mol. The first kappa shape index (κ1) is 22.3. The number of benzene rings is 2. The van der Waals surface area contributed by atoms with Gasteiger partial charge in [0, 0.05) is 5.92 Å². The number of aliphatic hydroxyl groups excluding tert-OH is 1. The number of rotatable bonds is 8. The van der Waals surface area contributed by atoms with Gasteiger partial charge in [0.2, 0.25) is 0 Å². The van der Waals surface area contributed by atoms with Gasteiger partial charge in [0.1, 0.15) is 24.3 Å². The van der Waals surface area contributed by atoms with E-state index in [9.17, 15) is 5.11 Å². The van der Waals surface area contributed by atoms with E-state index in [1.54, 1.807) is 0 Å². The van der Waals surface area contributed by atoms with Crippen LogP contribution in [0.3, 0.4) is 0 Å².